The van der Waals surface area contributed by atoms with Crippen molar-refractivity contribution in [2.75, 3.05) is 19.6 Å². The molecule has 9 aromatic carbocycles. The van der Waals surface area contributed by atoms with Gasteiger partial charge in [0.1, 0.15) is 0 Å². The minimum absolute atomic E-state index is 0.000290. The molecular formula is C76H79B2IN4. The second kappa shape index (κ2) is 21.6. The minimum Gasteiger partial charge on any atom is -0.311 e. The van der Waals surface area contributed by atoms with E-state index in [0.29, 0.717) is 0 Å². The maximum Gasteiger partial charge on any atom is 0.252 e. The van der Waals surface area contributed by atoms with Crippen LogP contribution >= 0.6 is 22.6 Å². The first kappa shape index (κ1) is 55.2. The molecule has 4 nitrogen and oxygen atoms in total. The third kappa shape index (κ3) is 9.62. The van der Waals surface area contributed by atoms with Crippen molar-refractivity contribution in [2.45, 2.75) is 145 Å². The number of hydrogen-bond donors (Lipinski definition) is 0. The molecule has 0 N–H and O–H groups in total. The first-order valence-corrected chi connectivity index (χ1v) is 32.1. The number of unbranched alkanes of at least 4 members (excludes halogenated alkanes) is 3. The van der Waals surface area contributed by atoms with Crippen LogP contribution in [0.1, 0.15) is 140 Å². The molecule has 0 amide bonds. The van der Waals surface area contributed by atoms with E-state index >= 15 is 0 Å². The highest BCUT2D eigenvalue weighted by Crippen LogP contribution is 2.50. The van der Waals surface area contributed by atoms with Crippen molar-refractivity contribution in [1.29, 1.82) is 0 Å². The number of fused-ring (bicyclic) bond motifs is 8. The van der Waals surface area contributed by atoms with Gasteiger partial charge in [-0.05, 0) is 250 Å². The molecule has 0 bridgehead atoms. The lowest BCUT2D eigenvalue weighted by atomic mass is 9.30. The van der Waals surface area contributed by atoms with E-state index in [9.17, 15) is 0 Å². The monoisotopic (exact) mass is 1200 g/mol. The molecule has 0 saturated carbocycles. The Kier molecular flexibility index (Phi) is 14.4. The van der Waals surface area contributed by atoms with Crippen LogP contribution < -0.4 is 52.4 Å². The normalized spacial score (nSPS) is 13.8. The number of hydrogen-bond acceptors (Lipinski definition) is 4. The van der Waals surface area contributed by atoms with E-state index in [0.717, 1.165) is 32.1 Å². The molecular weight excluding hydrogens is 1120 g/mol. The molecule has 0 saturated heterocycles. The van der Waals surface area contributed by atoms with Crippen molar-refractivity contribution in [3.05, 3.63) is 212 Å². The van der Waals surface area contributed by atoms with Gasteiger partial charge in [-0.1, -0.05) is 159 Å². The smallest absolute Gasteiger partial charge is 0.252 e. The van der Waals surface area contributed by atoms with Gasteiger partial charge in [-0.15, -0.1) is 0 Å². The molecule has 416 valence electrons. The van der Waals surface area contributed by atoms with Crippen molar-refractivity contribution < 1.29 is 0 Å². The molecule has 0 unspecified atom stereocenters. The molecule has 0 aliphatic carbocycles. The van der Waals surface area contributed by atoms with Gasteiger partial charge in [0.15, 0.2) is 0 Å². The van der Waals surface area contributed by atoms with Gasteiger partial charge in [-0.3, -0.25) is 0 Å². The van der Waals surface area contributed by atoms with Crippen LogP contribution in [0.25, 0.3) is 0 Å². The van der Waals surface area contributed by atoms with Gasteiger partial charge >= 0.3 is 0 Å². The predicted octanol–water partition coefficient (Wildman–Crippen LogP) is 17.7. The number of halogens is 1. The van der Waals surface area contributed by atoms with Crippen LogP contribution in [0.2, 0.25) is 0 Å². The van der Waals surface area contributed by atoms with E-state index in [1.54, 1.807) is 0 Å². The maximum atomic E-state index is 2.71. The van der Waals surface area contributed by atoms with Gasteiger partial charge in [-0.2, -0.15) is 0 Å². The van der Waals surface area contributed by atoms with E-state index in [4.69, 9.17) is 0 Å². The lowest BCUT2D eigenvalue weighted by Crippen LogP contribution is -2.65. The Morgan fingerprint density at radius 2 is 0.795 bits per heavy atom. The molecule has 83 heavy (non-hydrogen) atoms. The lowest BCUT2D eigenvalue weighted by Gasteiger charge is -2.48. The summed E-state index contributed by atoms with van der Waals surface area (Å²) < 4.78 is 1.23. The highest BCUT2D eigenvalue weighted by Gasteiger charge is 2.49. The van der Waals surface area contributed by atoms with Gasteiger partial charge in [0.2, 0.25) is 0 Å². The van der Waals surface area contributed by atoms with Gasteiger partial charge in [-0.25, -0.2) is 0 Å². The van der Waals surface area contributed by atoms with Crippen LogP contribution in [0.3, 0.4) is 0 Å². The third-order valence-corrected chi connectivity index (χ3v) is 19.2. The molecule has 9 aromatic rings. The zero-order valence-electron chi connectivity index (χ0n) is 50.9. The Labute approximate surface area is 510 Å². The summed E-state index contributed by atoms with van der Waals surface area (Å²) in [5.74, 6) is 0. The summed E-state index contributed by atoms with van der Waals surface area (Å²) in [6.07, 6.45) is 10.2. The first-order valence-electron chi connectivity index (χ1n) is 31.0. The molecule has 4 aliphatic rings. The molecule has 13 rings (SSSR count). The van der Waals surface area contributed by atoms with Crippen molar-refractivity contribution >= 4 is 137 Å². The average Bonchev–Trinajstić information content (AvgIpc) is 3.39. The minimum atomic E-state index is -0.141. The number of aryl methyl sites for hydroxylation is 5. The maximum absolute atomic E-state index is 2.71. The zero-order valence-corrected chi connectivity index (χ0v) is 53.0. The van der Waals surface area contributed by atoms with Gasteiger partial charge in [0.05, 0.1) is 0 Å². The van der Waals surface area contributed by atoms with Crippen LogP contribution in [-0.4, -0.2) is 13.4 Å². The number of nitrogens with zero attached hydrogens (tertiary/aromatic N) is 4. The van der Waals surface area contributed by atoms with Gasteiger partial charge in [0.25, 0.3) is 13.4 Å². The molecule has 0 fully saturated rings. The second-order valence-corrected chi connectivity index (χ2v) is 27.6. The highest BCUT2D eigenvalue weighted by molar-refractivity contribution is 14.1. The summed E-state index contributed by atoms with van der Waals surface area (Å²) in [5, 5.41) is 0. The standard InChI is InChI=1S/C76H79B2IN4/c1-12-15-20-51-25-33-57(34-26-51)80-64-41-24-49(4)42-61(64)77-62-47-63-67(48-66(62)83(59-37-29-54(30-38-59)75(6,7)8)71-46-55(76(9,10)11)45-70(80)73(71)77)82(60-39-31-56(79)32-40-60)69-44-53(22-17-14-3)43-68-74(69)78(63)72-50(5)19-18-23-65(72)81(68)58-35-27-52(28-36-58)21-16-13-2/h18-19,23-48H,12-17,20-22H2,1-11H3. The Morgan fingerprint density at radius 3 is 1.31 bits per heavy atom. The van der Waals surface area contributed by atoms with E-state index in [1.165, 1.54) is 169 Å². The summed E-state index contributed by atoms with van der Waals surface area (Å²) in [5.41, 5.74) is 32.2. The number of anilines is 12. The quantitative estimate of drug-likeness (QED) is 0.0842. The van der Waals surface area contributed by atoms with E-state index in [1.807, 2.05) is 0 Å². The van der Waals surface area contributed by atoms with E-state index in [2.05, 4.69) is 288 Å². The van der Waals surface area contributed by atoms with Crippen LogP contribution in [0.4, 0.5) is 68.2 Å². The summed E-state index contributed by atoms with van der Waals surface area (Å²) >= 11 is 2.48. The fourth-order valence-corrected chi connectivity index (χ4v) is 14.4. The third-order valence-electron chi connectivity index (χ3n) is 18.5. The zero-order chi connectivity index (χ0) is 57.6. The molecule has 0 atom stereocenters. The van der Waals surface area contributed by atoms with Gasteiger partial charge < -0.3 is 19.6 Å². The van der Waals surface area contributed by atoms with Crippen LogP contribution in [-0.2, 0) is 30.1 Å². The summed E-state index contributed by atoms with van der Waals surface area (Å²) in [4.78, 5) is 10.5. The average molecular weight is 1200 g/mol. The van der Waals surface area contributed by atoms with Gasteiger partial charge in [0, 0.05) is 71.8 Å². The van der Waals surface area contributed by atoms with E-state index < -0.39 is 0 Å². The van der Waals surface area contributed by atoms with Crippen LogP contribution in [0, 0.1) is 17.4 Å². The number of benzene rings is 9. The topological polar surface area (TPSA) is 13.0 Å². The lowest BCUT2D eigenvalue weighted by molar-refractivity contribution is 0.590. The summed E-state index contributed by atoms with van der Waals surface area (Å²) in [6.45, 7) is 25.6. The first-order chi connectivity index (χ1) is 40.0. The molecule has 4 aliphatic heterocycles. The fraction of sp³-hybridized carbons (Fsp3) is 0.289. The predicted molar refractivity (Wildman–Crippen MR) is 370 cm³/mol. The molecule has 0 radical (unpaired) electrons. The summed E-state index contributed by atoms with van der Waals surface area (Å²) in [6, 6.07) is 67.8. The molecule has 4 heterocycles. The summed E-state index contributed by atoms with van der Waals surface area (Å²) in [7, 11) is 0. The van der Waals surface area contributed by atoms with Crippen molar-refractivity contribution in [3.63, 3.8) is 0 Å². The Bertz CT molecular complexity index is 3950. The Balaban J connectivity index is 1.14. The fourth-order valence-electron chi connectivity index (χ4n) is 14.0. The van der Waals surface area contributed by atoms with Crippen molar-refractivity contribution in [1.82, 2.24) is 0 Å². The molecule has 0 aromatic heterocycles. The SMILES string of the molecule is CCCCc1ccc(N2c3ccc(C)cc3B3c4cc5c(cc4N(c4ccc(C(C)(C)C)cc4)c4cc(C(C)(C)C)cc2c43)N(c2ccc(I)cc2)c2cc(CCCC)cc3c2B5c2c(C)cccc2N3c2ccc(CCCC)cc2)cc1. The molecule has 0 spiro atoms. The Hall–Kier alpha value is -6.96. The second-order valence-electron chi connectivity index (χ2n) is 26.4. The van der Waals surface area contributed by atoms with Crippen molar-refractivity contribution in [3.8, 4) is 0 Å². The molecule has 7 heteroatoms. The Morgan fingerprint density at radius 1 is 0.361 bits per heavy atom. The largest absolute Gasteiger partial charge is 0.311 e. The van der Waals surface area contributed by atoms with E-state index in [-0.39, 0.29) is 24.3 Å². The highest BCUT2D eigenvalue weighted by atomic mass is 127. The van der Waals surface area contributed by atoms with Crippen LogP contribution in [0.15, 0.2) is 170 Å². The van der Waals surface area contributed by atoms with Crippen molar-refractivity contribution in [2.24, 2.45) is 0 Å². The van der Waals surface area contributed by atoms with Crippen LogP contribution in [0.5, 0.6) is 0 Å². The number of rotatable bonds is 13.